The van der Waals surface area contributed by atoms with Crippen molar-refractivity contribution in [2.75, 3.05) is 12.4 Å². The number of H-pyrrole nitrogens is 2. The largest absolute Gasteiger partial charge is 0.506 e. The third kappa shape index (κ3) is 4.24. The normalized spacial score (nSPS) is 11.4. The fourth-order valence-electron chi connectivity index (χ4n) is 5.26. The van der Waals surface area contributed by atoms with Crippen molar-refractivity contribution in [1.82, 2.24) is 20.2 Å². The highest BCUT2D eigenvalue weighted by atomic mass is 32.1. The second-order valence-corrected chi connectivity index (χ2v) is 10.5. The van der Waals surface area contributed by atoms with Crippen LogP contribution in [0.5, 0.6) is 11.5 Å². The number of benzene rings is 4. The molecule has 0 bridgehead atoms. The van der Waals surface area contributed by atoms with Crippen LogP contribution in [0.15, 0.2) is 103 Å². The molecule has 4 N–H and O–H groups in total. The Balaban J connectivity index is 1.24. The number of aromatic hydroxyl groups is 1. The van der Waals surface area contributed by atoms with Crippen molar-refractivity contribution in [2.45, 2.75) is 5.92 Å². The molecule has 0 aliphatic carbocycles. The lowest BCUT2D eigenvalue weighted by Crippen LogP contribution is -2.02. The third-order valence-electron chi connectivity index (χ3n) is 7.23. The van der Waals surface area contributed by atoms with E-state index in [4.69, 9.17) is 4.74 Å². The Labute approximate surface area is 234 Å². The first-order valence-electron chi connectivity index (χ1n) is 12.9. The zero-order chi connectivity index (χ0) is 27.1. The molecule has 8 heteroatoms. The van der Waals surface area contributed by atoms with Crippen LogP contribution in [0.1, 0.15) is 22.6 Å². The summed E-state index contributed by atoms with van der Waals surface area (Å²) >= 11 is 1.42. The van der Waals surface area contributed by atoms with Gasteiger partial charge >= 0.3 is 0 Å². The Kier molecular flexibility index (Phi) is 5.94. The summed E-state index contributed by atoms with van der Waals surface area (Å²) < 4.78 is 5.27. The van der Waals surface area contributed by atoms with Gasteiger partial charge in [0.2, 0.25) is 5.13 Å². The fourth-order valence-corrected chi connectivity index (χ4v) is 6.02. The second-order valence-electron chi connectivity index (χ2n) is 9.55. The van der Waals surface area contributed by atoms with Crippen LogP contribution in [0.3, 0.4) is 0 Å². The molecule has 7 nitrogen and oxygen atoms in total. The molecule has 0 saturated carbocycles. The third-order valence-corrected chi connectivity index (χ3v) is 8.11. The highest BCUT2D eigenvalue weighted by Gasteiger charge is 2.23. The van der Waals surface area contributed by atoms with Crippen LogP contribution in [0, 0.1) is 0 Å². The summed E-state index contributed by atoms with van der Waals surface area (Å²) in [5.41, 5.74) is 7.37. The van der Waals surface area contributed by atoms with E-state index in [1.54, 1.807) is 25.3 Å². The lowest BCUT2D eigenvalue weighted by atomic mass is 9.84. The number of phenols is 1. The minimum atomic E-state index is 0.0315. The average Bonchev–Trinajstić information content (AvgIpc) is 3.75. The highest BCUT2D eigenvalue weighted by Crippen LogP contribution is 2.40. The van der Waals surface area contributed by atoms with Crippen molar-refractivity contribution in [3.63, 3.8) is 0 Å². The van der Waals surface area contributed by atoms with Crippen LogP contribution in [0.4, 0.5) is 10.8 Å². The van der Waals surface area contributed by atoms with E-state index >= 15 is 0 Å². The standard InChI is InChI=1S/C32H25N5O2S/c1-39-21-14-15-29(38)28(16-21)35-32-37-36-31(40-32)20-12-10-19(11-13-20)30(24-17-33-26-8-4-2-6-22(24)26)25-18-34-27-9-5-3-7-23(25)27/h2-18,30,33-34,38H,1H3,(H,35,37). The SMILES string of the molecule is COc1ccc(O)c(Nc2nnc(-c3ccc(C(c4c[nH]c5ccccc45)c4c[nH]c5ccccc45)cc3)s2)c1. The number of nitrogens with one attached hydrogen (secondary N) is 3. The number of hydrogen-bond acceptors (Lipinski definition) is 6. The van der Waals surface area contributed by atoms with Crippen LogP contribution in [-0.2, 0) is 0 Å². The molecule has 4 aromatic carbocycles. The quantitative estimate of drug-likeness (QED) is 0.154. The number of para-hydroxylation sites is 2. The molecular formula is C32H25N5O2S. The van der Waals surface area contributed by atoms with Gasteiger partial charge in [-0.05, 0) is 41.0 Å². The fraction of sp³-hybridized carbons (Fsp3) is 0.0625. The van der Waals surface area contributed by atoms with Crippen molar-refractivity contribution in [3.8, 4) is 22.1 Å². The molecule has 0 unspecified atom stereocenters. The Morgan fingerprint density at radius 3 is 2.10 bits per heavy atom. The van der Waals surface area contributed by atoms with Crippen LogP contribution in [-0.4, -0.2) is 32.4 Å². The molecule has 7 rings (SSSR count). The molecule has 0 amide bonds. The number of hydrogen-bond donors (Lipinski definition) is 4. The minimum absolute atomic E-state index is 0.0315. The summed E-state index contributed by atoms with van der Waals surface area (Å²) in [4.78, 5) is 6.92. The van der Waals surface area contributed by atoms with Gasteiger partial charge in [-0.25, -0.2) is 0 Å². The first-order valence-corrected chi connectivity index (χ1v) is 13.7. The Morgan fingerprint density at radius 2 is 1.45 bits per heavy atom. The van der Waals surface area contributed by atoms with E-state index in [1.165, 1.54) is 38.8 Å². The van der Waals surface area contributed by atoms with Gasteiger partial charge in [-0.2, -0.15) is 0 Å². The molecule has 3 aromatic heterocycles. The van der Waals surface area contributed by atoms with Gasteiger partial charge in [0.25, 0.3) is 0 Å². The van der Waals surface area contributed by atoms with Crippen molar-refractivity contribution < 1.29 is 9.84 Å². The Hall–Kier alpha value is -5.08. The maximum atomic E-state index is 10.2. The van der Waals surface area contributed by atoms with Gasteiger partial charge in [0.1, 0.15) is 16.5 Å². The number of rotatable bonds is 7. The minimum Gasteiger partial charge on any atom is -0.506 e. The predicted octanol–water partition coefficient (Wildman–Crippen LogP) is 7.81. The number of phenolic OH excluding ortho intramolecular Hbond substituents is 1. The lowest BCUT2D eigenvalue weighted by Gasteiger charge is -2.18. The van der Waals surface area contributed by atoms with Crippen molar-refractivity contribution in [3.05, 3.63) is 120 Å². The summed E-state index contributed by atoms with van der Waals surface area (Å²) in [6, 6.07) is 30.4. The molecule has 0 radical (unpaired) electrons. The molecule has 0 aliphatic rings. The summed E-state index contributed by atoms with van der Waals surface area (Å²) in [6.07, 6.45) is 4.25. The predicted molar refractivity (Wildman–Crippen MR) is 161 cm³/mol. The number of fused-ring (bicyclic) bond motifs is 2. The first-order chi connectivity index (χ1) is 19.7. The van der Waals surface area contributed by atoms with E-state index in [0.717, 1.165) is 21.6 Å². The molecule has 0 spiro atoms. The van der Waals surface area contributed by atoms with Gasteiger partial charge in [-0.1, -0.05) is 72.0 Å². The van der Waals surface area contributed by atoms with Crippen LogP contribution < -0.4 is 10.1 Å². The summed E-state index contributed by atoms with van der Waals surface area (Å²) in [5, 5.41) is 25.8. The molecule has 0 aliphatic heterocycles. The van der Waals surface area contributed by atoms with Gasteiger partial charge in [0.15, 0.2) is 0 Å². The number of aromatic nitrogens is 4. The lowest BCUT2D eigenvalue weighted by molar-refractivity contribution is 0.413. The van der Waals surface area contributed by atoms with Crippen molar-refractivity contribution >= 4 is 44.0 Å². The van der Waals surface area contributed by atoms with E-state index in [2.05, 4.69) is 111 Å². The maximum Gasteiger partial charge on any atom is 0.210 e. The van der Waals surface area contributed by atoms with Crippen LogP contribution in [0.25, 0.3) is 32.4 Å². The number of nitrogens with zero attached hydrogens (tertiary/aromatic N) is 2. The van der Waals surface area contributed by atoms with Gasteiger partial charge in [0.05, 0.1) is 12.8 Å². The van der Waals surface area contributed by atoms with Crippen molar-refractivity contribution in [2.24, 2.45) is 0 Å². The van der Waals surface area contributed by atoms with Gasteiger partial charge in [0, 0.05) is 51.7 Å². The van der Waals surface area contributed by atoms with E-state index in [-0.39, 0.29) is 11.7 Å². The number of methoxy groups -OCH3 is 1. The highest BCUT2D eigenvalue weighted by molar-refractivity contribution is 7.18. The second kappa shape index (κ2) is 9.91. The summed E-state index contributed by atoms with van der Waals surface area (Å²) in [5.74, 6) is 0.784. The van der Waals surface area contributed by atoms with Crippen LogP contribution in [0.2, 0.25) is 0 Å². The molecule has 7 aromatic rings. The maximum absolute atomic E-state index is 10.2. The molecule has 0 fully saturated rings. The number of ether oxygens (including phenoxy) is 1. The monoisotopic (exact) mass is 543 g/mol. The summed E-state index contributed by atoms with van der Waals surface area (Å²) in [6.45, 7) is 0. The smallest absolute Gasteiger partial charge is 0.210 e. The number of aromatic amines is 2. The summed E-state index contributed by atoms with van der Waals surface area (Å²) in [7, 11) is 1.59. The molecule has 40 heavy (non-hydrogen) atoms. The van der Waals surface area contributed by atoms with Crippen LogP contribution >= 0.6 is 11.3 Å². The van der Waals surface area contributed by atoms with Crippen molar-refractivity contribution in [1.29, 1.82) is 0 Å². The average molecular weight is 544 g/mol. The van der Waals surface area contributed by atoms with E-state index < -0.39 is 0 Å². The van der Waals surface area contributed by atoms with Gasteiger partial charge in [-0.3, -0.25) is 0 Å². The molecular weight excluding hydrogens is 518 g/mol. The zero-order valence-corrected chi connectivity index (χ0v) is 22.4. The molecule has 196 valence electrons. The number of anilines is 2. The molecule has 3 heterocycles. The first kappa shape index (κ1) is 24.0. The van der Waals surface area contributed by atoms with Gasteiger partial charge in [-0.15, -0.1) is 10.2 Å². The topological polar surface area (TPSA) is 98.8 Å². The van der Waals surface area contributed by atoms with E-state index in [0.29, 0.717) is 16.6 Å². The molecule has 0 saturated heterocycles. The zero-order valence-electron chi connectivity index (χ0n) is 21.6. The molecule has 0 atom stereocenters. The Bertz CT molecular complexity index is 1880. The van der Waals surface area contributed by atoms with Gasteiger partial charge < -0.3 is 25.1 Å². The van der Waals surface area contributed by atoms with E-state index in [1.807, 2.05) is 0 Å². The van der Waals surface area contributed by atoms with E-state index in [9.17, 15) is 5.11 Å². The Morgan fingerprint density at radius 1 is 0.800 bits per heavy atom.